The summed E-state index contributed by atoms with van der Waals surface area (Å²) >= 11 is 0. The lowest BCUT2D eigenvalue weighted by atomic mass is 9.94. The zero-order chi connectivity index (χ0) is 21.6. The summed E-state index contributed by atoms with van der Waals surface area (Å²) < 4.78 is 15.7. The Labute approximate surface area is 170 Å². The molecule has 1 amide bonds. The van der Waals surface area contributed by atoms with Gasteiger partial charge in [0.2, 0.25) is 0 Å². The number of benzene rings is 1. The molecular weight excluding hydrogens is 380 g/mol. The van der Waals surface area contributed by atoms with Gasteiger partial charge in [-0.3, -0.25) is 10.1 Å². The average molecular weight is 408 g/mol. The summed E-state index contributed by atoms with van der Waals surface area (Å²) in [4.78, 5) is 36.1. The molecule has 29 heavy (non-hydrogen) atoms. The van der Waals surface area contributed by atoms with Crippen molar-refractivity contribution in [3.8, 4) is 5.75 Å². The van der Waals surface area contributed by atoms with Gasteiger partial charge in [0, 0.05) is 25.2 Å². The third-order valence-electron chi connectivity index (χ3n) is 4.63. The van der Waals surface area contributed by atoms with Gasteiger partial charge in [0.05, 0.1) is 24.2 Å². The monoisotopic (exact) mass is 408 g/mol. The molecular formula is C20H28N2O7. The minimum atomic E-state index is -0.584. The lowest BCUT2D eigenvalue weighted by molar-refractivity contribution is -0.385. The van der Waals surface area contributed by atoms with E-state index < -0.39 is 16.5 Å². The molecule has 0 atom stereocenters. The maximum atomic E-state index is 12.1. The van der Waals surface area contributed by atoms with Gasteiger partial charge in [-0.1, -0.05) is 0 Å². The second-order valence-corrected chi connectivity index (χ2v) is 7.98. The highest BCUT2D eigenvalue weighted by molar-refractivity contribution is 5.90. The summed E-state index contributed by atoms with van der Waals surface area (Å²) in [6, 6.07) is 3.90. The van der Waals surface area contributed by atoms with E-state index in [1.54, 1.807) is 4.90 Å². The summed E-state index contributed by atoms with van der Waals surface area (Å²) in [5, 5.41) is 11.2. The maximum absolute atomic E-state index is 12.1. The first-order valence-corrected chi connectivity index (χ1v) is 9.58. The van der Waals surface area contributed by atoms with Gasteiger partial charge in [-0.25, -0.2) is 9.59 Å². The number of piperidine rings is 1. The van der Waals surface area contributed by atoms with Crippen molar-refractivity contribution in [2.24, 2.45) is 5.92 Å². The molecule has 0 bridgehead atoms. The lowest BCUT2D eigenvalue weighted by Gasteiger charge is -2.33. The molecule has 0 N–H and O–H groups in total. The van der Waals surface area contributed by atoms with Crippen LogP contribution in [0.5, 0.6) is 5.75 Å². The Morgan fingerprint density at radius 3 is 2.45 bits per heavy atom. The number of nitro benzene ring substituents is 1. The van der Waals surface area contributed by atoms with Crippen molar-refractivity contribution >= 4 is 17.7 Å². The van der Waals surface area contributed by atoms with Crippen LogP contribution in [0.1, 0.15) is 50.4 Å². The van der Waals surface area contributed by atoms with Gasteiger partial charge in [0.15, 0.2) is 5.75 Å². The van der Waals surface area contributed by atoms with Crippen molar-refractivity contribution in [3.05, 3.63) is 33.9 Å². The largest absolute Gasteiger partial charge is 0.487 e. The number of hydrogen-bond acceptors (Lipinski definition) is 7. The number of rotatable bonds is 6. The van der Waals surface area contributed by atoms with E-state index in [0.717, 1.165) is 12.8 Å². The highest BCUT2D eigenvalue weighted by Crippen LogP contribution is 2.29. The van der Waals surface area contributed by atoms with E-state index in [2.05, 4.69) is 4.74 Å². The zero-order valence-corrected chi connectivity index (χ0v) is 17.3. The van der Waals surface area contributed by atoms with Crippen LogP contribution in [0.15, 0.2) is 18.2 Å². The number of hydrogen-bond donors (Lipinski definition) is 0. The molecule has 1 aliphatic heterocycles. The van der Waals surface area contributed by atoms with Crippen molar-refractivity contribution < 1.29 is 28.7 Å². The van der Waals surface area contributed by atoms with Gasteiger partial charge in [-0.05, 0) is 52.0 Å². The number of amides is 1. The second kappa shape index (κ2) is 9.58. The van der Waals surface area contributed by atoms with Gasteiger partial charge < -0.3 is 19.1 Å². The Hall–Kier alpha value is -2.84. The van der Waals surface area contributed by atoms with Gasteiger partial charge in [-0.15, -0.1) is 0 Å². The van der Waals surface area contributed by atoms with Gasteiger partial charge in [0.1, 0.15) is 5.60 Å². The quantitative estimate of drug-likeness (QED) is 0.400. The maximum Gasteiger partial charge on any atom is 0.410 e. The number of carbonyl (C=O) groups is 2. The highest BCUT2D eigenvalue weighted by atomic mass is 16.6. The summed E-state index contributed by atoms with van der Waals surface area (Å²) in [6.45, 7) is 7.01. The van der Waals surface area contributed by atoms with Crippen LogP contribution in [0, 0.1) is 16.0 Å². The molecule has 0 radical (unpaired) electrons. The van der Waals surface area contributed by atoms with E-state index in [4.69, 9.17) is 9.47 Å². The standard InChI is InChI=1S/C20H28N2O7/c1-20(2,3)29-19(24)21-10-7-14(8-11-21)9-12-28-17-13-15(18(23)27-4)5-6-16(17)22(25)26/h5-6,13-14H,7-12H2,1-4H3. The van der Waals surface area contributed by atoms with Crippen LogP contribution in [-0.2, 0) is 9.47 Å². The molecule has 1 fully saturated rings. The number of likely N-dealkylation sites (tertiary alicyclic amines) is 1. The number of carbonyl (C=O) groups excluding carboxylic acids is 2. The average Bonchev–Trinajstić information content (AvgIpc) is 2.66. The number of ether oxygens (including phenoxy) is 3. The molecule has 9 heteroatoms. The summed E-state index contributed by atoms with van der Waals surface area (Å²) in [6.07, 6.45) is 2.02. The van der Waals surface area contributed by atoms with Crippen molar-refractivity contribution in [1.29, 1.82) is 0 Å². The molecule has 9 nitrogen and oxygen atoms in total. The molecule has 1 aliphatic rings. The molecule has 1 aromatic rings. The van der Waals surface area contributed by atoms with Gasteiger partial charge in [0.25, 0.3) is 0 Å². The smallest absolute Gasteiger partial charge is 0.410 e. The second-order valence-electron chi connectivity index (χ2n) is 7.98. The minimum absolute atomic E-state index is 0.0455. The highest BCUT2D eigenvalue weighted by Gasteiger charge is 2.27. The molecule has 0 aliphatic carbocycles. The van der Waals surface area contributed by atoms with Gasteiger partial charge >= 0.3 is 17.7 Å². The van der Waals surface area contributed by atoms with Crippen LogP contribution >= 0.6 is 0 Å². The summed E-state index contributed by atoms with van der Waals surface area (Å²) in [7, 11) is 1.24. The predicted octanol–water partition coefficient (Wildman–Crippen LogP) is 3.80. The fourth-order valence-electron chi connectivity index (χ4n) is 3.09. The van der Waals surface area contributed by atoms with Gasteiger partial charge in [-0.2, -0.15) is 0 Å². The van der Waals surface area contributed by atoms with Crippen molar-refractivity contribution in [1.82, 2.24) is 4.90 Å². The van der Waals surface area contributed by atoms with Crippen molar-refractivity contribution in [2.45, 2.75) is 45.6 Å². The Morgan fingerprint density at radius 1 is 1.24 bits per heavy atom. The van der Waals surface area contributed by atoms with Crippen molar-refractivity contribution in [3.63, 3.8) is 0 Å². The van der Waals surface area contributed by atoms with E-state index in [1.807, 2.05) is 20.8 Å². The van der Waals surface area contributed by atoms with Crippen LogP contribution in [0.3, 0.4) is 0 Å². The molecule has 1 saturated heterocycles. The first-order valence-electron chi connectivity index (χ1n) is 9.58. The normalized spacial score (nSPS) is 15.0. The molecule has 0 spiro atoms. The number of nitro groups is 1. The Balaban J connectivity index is 1.87. The predicted molar refractivity (Wildman–Crippen MR) is 105 cm³/mol. The molecule has 2 rings (SSSR count). The molecule has 1 heterocycles. The van der Waals surface area contributed by atoms with E-state index in [1.165, 1.54) is 25.3 Å². The third-order valence-corrected chi connectivity index (χ3v) is 4.63. The van der Waals surface area contributed by atoms with E-state index in [0.29, 0.717) is 25.4 Å². The topological polar surface area (TPSA) is 108 Å². The fourth-order valence-corrected chi connectivity index (χ4v) is 3.09. The number of methoxy groups -OCH3 is 1. The third kappa shape index (κ3) is 6.62. The zero-order valence-electron chi connectivity index (χ0n) is 17.3. The Morgan fingerprint density at radius 2 is 1.90 bits per heavy atom. The Bertz CT molecular complexity index is 750. The molecule has 0 saturated carbocycles. The minimum Gasteiger partial charge on any atom is -0.487 e. The summed E-state index contributed by atoms with van der Waals surface area (Å²) in [5.74, 6) is -0.195. The molecule has 0 unspecified atom stereocenters. The van der Waals surface area contributed by atoms with E-state index >= 15 is 0 Å². The lowest BCUT2D eigenvalue weighted by Crippen LogP contribution is -2.41. The molecule has 1 aromatic carbocycles. The Kier molecular flexibility index (Phi) is 7.41. The summed E-state index contributed by atoms with van der Waals surface area (Å²) in [5.41, 5.74) is -0.522. The molecule has 0 aromatic heterocycles. The van der Waals surface area contributed by atoms with Crippen LogP contribution in [0.4, 0.5) is 10.5 Å². The molecule has 160 valence electrons. The first-order chi connectivity index (χ1) is 13.6. The van der Waals surface area contributed by atoms with Crippen LogP contribution in [0.25, 0.3) is 0 Å². The fraction of sp³-hybridized carbons (Fsp3) is 0.600. The van der Waals surface area contributed by atoms with Crippen LogP contribution < -0.4 is 4.74 Å². The number of esters is 1. The van der Waals surface area contributed by atoms with Crippen LogP contribution in [0.2, 0.25) is 0 Å². The number of nitrogens with zero attached hydrogens (tertiary/aromatic N) is 2. The SMILES string of the molecule is COC(=O)c1ccc([N+](=O)[O-])c(OCCC2CCN(C(=O)OC(C)(C)C)CC2)c1. The van der Waals surface area contributed by atoms with Crippen LogP contribution in [-0.4, -0.2) is 54.3 Å². The first kappa shape index (κ1) is 22.4. The van der Waals surface area contributed by atoms with E-state index in [-0.39, 0.29) is 29.7 Å². The van der Waals surface area contributed by atoms with Crippen molar-refractivity contribution in [2.75, 3.05) is 26.8 Å². The van der Waals surface area contributed by atoms with E-state index in [9.17, 15) is 19.7 Å².